The van der Waals surface area contributed by atoms with Gasteiger partial charge in [-0.25, -0.2) is 4.98 Å². The summed E-state index contributed by atoms with van der Waals surface area (Å²) in [5.74, 6) is 1.10. The minimum absolute atomic E-state index is 0.127. The van der Waals surface area contributed by atoms with E-state index in [0.717, 1.165) is 43.3 Å². The van der Waals surface area contributed by atoms with E-state index in [-0.39, 0.29) is 5.91 Å². The van der Waals surface area contributed by atoms with E-state index >= 15 is 0 Å². The molecule has 1 aliphatic heterocycles. The molecule has 19 heavy (non-hydrogen) atoms. The van der Waals surface area contributed by atoms with E-state index < -0.39 is 0 Å². The molecule has 0 spiro atoms. The Morgan fingerprint density at radius 1 is 1.58 bits per heavy atom. The van der Waals surface area contributed by atoms with Crippen LogP contribution in [-0.2, 0) is 21.8 Å². The van der Waals surface area contributed by atoms with Gasteiger partial charge in [0.2, 0.25) is 5.91 Å². The highest BCUT2D eigenvalue weighted by molar-refractivity contribution is 7.09. The third-order valence-corrected chi connectivity index (χ3v) is 4.51. The molecule has 0 aromatic carbocycles. The van der Waals surface area contributed by atoms with Crippen LogP contribution >= 0.6 is 22.9 Å². The zero-order chi connectivity index (χ0) is 13.7. The van der Waals surface area contributed by atoms with Crippen molar-refractivity contribution in [3.8, 4) is 0 Å². The summed E-state index contributed by atoms with van der Waals surface area (Å²) in [6, 6.07) is 0. The van der Waals surface area contributed by atoms with Crippen LogP contribution in [0.25, 0.3) is 0 Å². The SMILES string of the molecule is CN(CC1CCOCC1)C(=O)Cc1nc(CCl)cs1. The topological polar surface area (TPSA) is 42.4 Å². The standard InChI is InChI=1S/C13H19ClN2O2S/c1-16(8-10-2-4-18-5-3-10)13(17)6-12-15-11(7-14)9-19-12/h9-10H,2-8H2,1H3. The first-order valence-corrected chi connectivity index (χ1v) is 7.91. The average Bonchev–Trinajstić information content (AvgIpc) is 2.87. The van der Waals surface area contributed by atoms with Gasteiger partial charge in [0.05, 0.1) is 18.0 Å². The number of carbonyl (C=O) groups is 1. The molecule has 0 saturated carbocycles. The number of halogens is 1. The first-order chi connectivity index (χ1) is 9.19. The number of rotatable bonds is 5. The Kier molecular flexibility index (Phi) is 5.60. The Balaban J connectivity index is 1.81. The van der Waals surface area contributed by atoms with Gasteiger partial charge in [-0.3, -0.25) is 4.79 Å². The normalized spacial score (nSPS) is 16.5. The Bertz CT molecular complexity index is 419. The molecular weight excluding hydrogens is 284 g/mol. The highest BCUT2D eigenvalue weighted by Crippen LogP contribution is 2.17. The van der Waals surface area contributed by atoms with Gasteiger partial charge in [0.25, 0.3) is 0 Å². The maximum Gasteiger partial charge on any atom is 0.229 e. The molecule has 2 heterocycles. The van der Waals surface area contributed by atoms with Crippen molar-refractivity contribution in [3.63, 3.8) is 0 Å². The quantitative estimate of drug-likeness (QED) is 0.784. The maximum atomic E-state index is 12.1. The van der Waals surface area contributed by atoms with E-state index in [1.807, 2.05) is 17.3 Å². The van der Waals surface area contributed by atoms with Crippen molar-refractivity contribution in [3.05, 3.63) is 16.1 Å². The van der Waals surface area contributed by atoms with Crippen LogP contribution in [0.15, 0.2) is 5.38 Å². The first kappa shape index (κ1) is 14.8. The van der Waals surface area contributed by atoms with Crippen molar-refractivity contribution in [2.45, 2.75) is 25.1 Å². The number of ether oxygens (including phenoxy) is 1. The van der Waals surface area contributed by atoms with E-state index in [0.29, 0.717) is 18.2 Å². The van der Waals surface area contributed by atoms with Crippen LogP contribution < -0.4 is 0 Å². The maximum absolute atomic E-state index is 12.1. The number of hydrogen-bond donors (Lipinski definition) is 0. The number of thiazole rings is 1. The zero-order valence-electron chi connectivity index (χ0n) is 11.1. The van der Waals surface area contributed by atoms with Crippen LogP contribution in [-0.4, -0.2) is 42.6 Å². The average molecular weight is 303 g/mol. The molecule has 0 aliphatic carbocycles. The van der Waals surface area contributed by atoms with Gasteiger partial charge in [-0.15, -0.1) is 22.9 Å². The van der Waals surface area contributed by atoms with Crippen LogP contribution in [0.4, 0.5) is 0 Å². The van der Waals surface area contributed by atoms with Gasteiger partial charge < -0.3 is 9.64 Å². The van der Waals surface area contributed by atoms with E-state index in [1.54, 1.807) is 0 Å². The zero-order valence-corrected chi connectivity index (χ0v) is 12.7. The summed E-state index contributed by atoms with van der Waals surface area (Å²) in [5.41, 5.74) is 0.849. The van der Waals surface area contributed by atoms with E-state index in [9.17, 15) is 4.79 Å². The number of hydrogen-bond acceptors (Lipinski definition) is 4. The fraction of sp³-hybridized carbons (Fsp3) is 0.692. The lowest BCUT2D eigenvalue weighted by molar-refractivity contribution is -0.130. The lowest BCUT2D eigenvalue weighted by Crippen LogP contribution is -2.35. The van der Waals surface area contributed by atoms with Crippen LogP contribution in [0.5, 0.6) is 0 Å². The van der Waals surface area contributed by atoms with Crippen LogP contribution in [0.2, 0.25) is 0 Å². The van der Waals surface area contributed by atoms with Gasteiger partial charge >= 0.3 is 0 Å². The van der Waals surface area contributed by atoms with Crippen LogP contribution in [0.1, 0.15) is 23.5 Å². The summed E-state index contributed by atoms with van der Waals surface area (Å²) < 4.78 is 5.33. The van der Waals surface area contributed by atoms with Crippen molar-refractivity contribution >= 4 is 28.8 Å². The van der Waals surface area contributed by atoms with Crippen molar-refractivity contribution in [2.75, 3.05) is 26.8 Å². The second-order valence-corrected chi connectivity index (χ2v) is 6.08. The third kappa shape index (κ3) is 4.44. The molecule has 0 atom stereocenters. The molecule has 1 saturated heterocycles. The van der Waals surface area contributed by atoms with Crippen molar-refractivity contribution in [2.24, 2.45) is 5.92 Å². The lowest BCUT2D eigenvalue weighted by Gasteiger charge is -2.27. The van der Waals surface area contributed by atoms with Crippen molar-refractivity contribution in [1.82, 2.24) is 9.88 Å². The Hall–Kier alpha value is -0.650. The van der Waals surface area contributed by atoms with Crippen LogP contribution in [0.3, 0.4) is 0 Å². The minimum Gasteiger partial charge on any atom is -0.381 e. The molecule has 4 nitrogen and oxygen atoms in total. The number of alkyl halides is 1. The lowest BCUT2D eigenvalue weighted by atomic mass is 10.00. The fourth-order valence-electron chi connectivity index (χ4n) is 2.17. The van der Waals surface area contributed by atoms with Crippen molar-refractivity contribution in [1.29, 1.82) is 0 Å². The highest BCUT2D eigenvalue weighted by Gasteiger charge is 2.19. The molecule has 6 heteroatoms. The van der Waals surface area contributed by atoms with Gasteiger partial charge in [-0.1, -0.05) is 0 Å². The summed E-state index contributed by atoms with van der Waals surface area (Å²) in [7, 11) is 1.87. The monoisotopic (exact) mass is 302 g/mol. The summed E-state index contributed by atoms with van der Waals surface area (Å²) in [4.78, 5) is 18.2. The predicted molar refractivity (Wildman–Crippen MR) is 76.6 cm³/mol. The molecular formula is C13H19ClN2O2S. The second-order valence-electron chi connectivity index (χ2n) is 4.87. The van der Waals surface area contributed by atoms with E-state index in [4.69, 9.17) is 16.3 Å². The van der Waals surface area contributed by atoms with Gasteiger partial charge in [-0.2, -0.15) is 0 Å². The third-order valence-electron chi connectivity index (χ3n) is 3.34. The van der Waals surface area contributed by atoms with E-state index in [1.165, 1.54) is 11.3 Å². The smallest absolute Gasteiger partial charge is 0.229 e. The molecule has 1 aromatic heterocycles. The van der Waals surface area contributed by atoms with Gasteiger partial charge in [-0.05, 0) is 18.8 Å². The molecule has 1 amide bonds. The van der Waals surface area contributed by atoms with Gasteiger partial charge in [0, 0.05) is 32.2 Å². The number of amides is 1. The Morgan fingerprint density at radius 2 is 2.32 bits per heavy atom. The second kappa shape index (κ2) is 7.22. The highest BCUT2D eigenvalue weighted by atomic mass is 35.5. The molecule has 2 rings (SSSR count). The Morgan fingerprint density at radius 3 is 2.95 bits per heavy atom. The minimum atomic E-state index is 0.127. The summed E-state index contributed by atoms with van der Waals surface area (Å²) in [5, 5.41) is 2.76. The van der Waals surface area contributed by atoms with E-state index in [2.05, 4.69) is 4.98 Å². The number of nitrogens with zero attached hydrogens (tertiary/aromatic N) is 2. The molecule has 0 bridgehead atoms. The Labute approximate surface area is 122 Å². The summed E-state index contributed by atoms with van der Waals surface area (Å²) in [6.07, 6.45) is 2.47. The number of carbonyl (C=O) groups excluding carboxylic acids is 1. The van der Waals surface area contributed by atoms with Gasteiger partial charge in [0.1, 0.15) is 5.01 Å². The molecule has 1 aliphatic rings. The van der Waals surface area contributed by atoms with Crippen LogP contribution in [0, 0.1) is 5.92 Å². The molecule has 0 N–H and O–H groups in total. The summed E-state index contributed by atoms with van der Waals surface area (Å²) >= 11 is 7.21. The number of likely N-dealkylation sites (N-methyl/N-ethyl adjacent to an activating group) is 1. The summed E-state index contributed by atoms with van der Waals surface area (Å²) in [6.45, 7) is 2.45. The van der Waals surface area contributed by atoms with Crippen molar-refractivity contribution < 1.29 is 9.53 Å². The fourth-order valence-corrected chi connectivity index (χ4v) is 3.19. The predicted octanol–water partition coefficient (Wildman–Crippen LogP) is 2.31. The van der Waals surface area contributed by atoms with Gasteiger partial charge in [0.15, 0.2) is 0 Å². The molecule has 1 fully saturated rings. The first-order valence-electron chi connectivity index (χ1n) is 6.50. The number of aromatic nitrogens is 1. The largest absolute Gasteiger partial charge is 0.381 e. The molecule has 1 aromatic rings. The molecule has 0 unspecified atom stereocenters. The molecule has 0 radical (unpaired) electrons. The molecule has 106 valence electrons.